The molecule has 0 atom stereocenters. The van der Waals surface area contributed by atoms with Gasteiger partial charge in [0.05, 0.1) is 13.7 Å². The molecule has 114 valence electrons. The fourth-order valence-electron chi connectivity index (χ4n) is 2.16. The number of hydrogen-bond acceptors (Lipinski definition) is 4. The lowest BCUT2D eigenvalue weighted by Crippen LogP contribution is -2.15. The number of thiophene rings is 1. The van der Waals surface area contributed by atoms with Crippen LogP contribution in [-0.4, -0.2) is 20.7 Å². The molecule has 2 rings (SSSR count). The predicted molar refractivity (Wildman–Crippen MR) is 91.4 cm³/mol. The quantitative estimate of drug-likeness (QED) is 0.749. The van der Waals surface area contributed by atoms with Crippen molar-refractivity contribution in [1.29, 1.82) is 0 Å². The Kier molecular flexibility index (Phi) is 6.08. The minimum Gasteiger partial charge on any atom is -0.497 e. The summed E-state index contributed by atoms with van der Waals surface area (Å²) < 4.78 is 5.28. The lowest BCUT2D eigenvalue weighted by atomic mass is 10.2. The standard InChI is InChI=1S/C17H24N2OS/c1-4-10-18-12-16-8-9-17(21-16)13-19(2)14-6-5-7-15(11-14)20-3/h5-9,11,18H,4,10,12-13H2,1-3H3. The molecule has 0 unspecified atom stereocenters. The van der Waals surface area contributed by atoms with Gasteiger partial charge in [-0.1, -0.05) is 13.0 Å². The Morgan fingerprint density at radius 1 is 1.19 bits per heavy atom. The molecule has 0 amide bonds. The van der Waals surface area contributed by atoms with E-state index in [2.05, 4.69) is 48.5 Å². The van der Waals surface area contributed by atoms with Crippen LogP contribution in [0.1, 0.15) is 23.1 Å². The fraction of sp³-hybridized carbons (Fsp3) is 0.412. The first-order valence-electron chi connectivity index (χ1n) is 7.36. The van der Waals surface area contributed by atoms with Gasteiger partial charge in [-0.25, -0.2) is 0 Å². The molecule has 1 aromatic heterocycles. The van der Waals surface area contributed by atoms with E-state index >= 15 is 0 Å². The largest absolute Gasteiger partial charge is 0.497 e. The van der Waals surface area contributed by atoms with Crippen LogP contribution in [0.5, 0.6) is 5.75 Å². The molecule has 1 aromatic carbocycles. The van der Waals surface area contributed by atoms with E-state index in [0.29, 0.717) is 0 Å². The van der Waals surface area contributed by atoms with Crippen molar-refractivity contribution in [3.63, 3.8) is 0 Å². The molecule has 0 bridgehead atoms. The zero-order valence-electron chi connectivity index (χ0n) is 13.1. The summed E-state index contributed by atoms with van der Waals surface area (Å²) in [6, 6.07) is 12.6. The maximum Gasteiger partial charge on any atom is 0.120 e. The summed E-state index contributed by atoms with van der Waals surface area (Å²) in [5, 5.41) is 3.45. The predicted octanol–water partition coefficient (Wildman–Crippen LogP) is 3.89. The highest BCUT2D eigenvalue weighted by atomic mass is 32.1. The molecule has 2 aromatic rings. The lowest BCUT2D eigenvalue weighted by Gasteiger charge is -2.19. The highest BCUT2D eigenvalue weighted by Crippen LogP contribution is 2.24. The molecule has 0 fully saturated rings. The van der Waals surface area contributed by atoms with Gasteiger partial charge in [-0.05, 0) is 37.2 Å². The van der Waals surface area contributed by atoms with Crippen molar-refractivity contribution in [2.45, 2.75) is 26.4 Å². The van der Waals surface area contributed by atoms with E-state index < -0.39 is 0 Å². The Morgan fingerprint density at radius 3 is 2.76 bits per heavy atom. The fourth-order valence-corrected chi connectivity index (χ4v) is 3.21. The van der Waals surface area contributed by atoms with Crippen molar-refractivity contribution >= 4 is 17.0 Å². The minimum absolute atomic E-state index is 0.898. The second-order valence-electron chi connectivity index (χ2n) is 5.10. The van der Waals surface area contributed by atoms with Gasteiger partial charge in [0.2, 0.25) is 0 Å². The average molecular weight is 304 g/mol. The van der Waals surface area contributed by atoms with Gasteiger partial charge in [0.25, 0.3) is 0 Å². The molecular weight excluding hydrogens is 280 g/mol. The van der Waals surface area contributed by atoms with Gasteiger partial charge < -0.3 is 15.0 Å². The van der Waals surface area contributed by atoms with Gasteiger partial charge >= 0.3 is 0 Å². The second-order valence-corrected chi connectivity index (χ2v) is 6.36. The summed E-state index contributed by atoms with van der Waals surface area (Å²) in [7, 11) is 3.82. The Morgan fingerprint density at radius 2 is 2.00 bits per heavy atom. The van der Waals surface area contributed by atoms with E-state index in [9.17, 15) is 0 Å². The van der Waals surface area contributed by atoms with Crippen molar-refractivity contribution in [2.24, 2.45) is 0 Å². The third kappa shape index (κ3) is 4.76. The second kappa shape index (κ2) is 8.05. The van der Waals surface area contributed by atoms with Crippen LogP contribution in [0.4, 0.5) is 5.69 Å². The van der Waals surface area contributed by atoms with Crippen LogP contribution in [0.3, 0.4) is 0 Å². The van der Waals surface area contributed by atoms with Gasteiger partial charge in [-0.3, -0.25) is 0 Å². The average Bonchev–Trinajstić information content (AvgIpc) is 2.95. The molecule has 0 aliphatic carbocycles. The van der Waals surface area contributed by atoms with Crippen molar-refractivity contribution in [1.82, 2.24) is 5.32 Å². The SMILES string of the molecule is CCCNCc1ccc(CN(C)c2cccc(OC)c2)s1. The summed E-state index contributed by atoms with van der Waals surface area (Å²) in [5.74, 6) is 0.898. The Labute approximate surface area is 131 Å². The number of hydrogen-bond donors (Lipinski definition) is 1. The van der Waals surface area contributed by atoms with Crippen molar-refractivity contribution in [2.75, 3.05) is 25.6 Å². The van der Waals surface area contributed by atoms with Crippen molar-refractivity contribution in [3.8, 4) is 5.75 Å². The first-order chi connectivity index (χ1) is 10.2. The maximum atomic E-state index is 5.28. The van der Waals surface area contributed by atoms with E-state index in [1.165, 1.54) is 21.9 Å². The molecule has 4 heteroatoms. The molecule has 0 radical (unpaired) electrons. The summed E-state index contributed by atoms with van der Waals surface area (Å²) in [6.07, 6.45) is 1.18. The normalized spacial score (nSPS) is 10.6. The van der Waals surface area contributed by atoms with Crippen LogP contribution >= 0.6 is 11.3 Å². The number of nitrogens with zero attached hydrogens (tertiary/aromatic N) is 1. The molecule has 0 saturated heterocycles. The Balaban J connectivity index is 1.94. The van der Waals surface area contributed by atoms with E-state index in [-0.39, 0.29) is 0 Å². The van der Waals surface area contributed by atoms with Crippen LogP contribution in [0.25, 0.3) is 0 Å². The molecule has 1 N–H and O–H groups in total. The highest BCUT2D eigenvalue weighted by molar-refractivity contribution is 7.12. The molecule has 0 saturated carbocycles. The molecule has 1 heterocycles. The summed E-state index contributed by atoms with van der Waals surface area (Å²) in [5.41, 5.74) is 1.17. The monoisotopic (exact) mass is 304 g/mol. The van der Waals surface area contributed by atoms with Crippen LogP contribution in [-0.2, 0) is 13.1 Å². The van der Waals surface area contributed by atoms with Crippen molar-refractivity contribution < 1.29 is 4.74 Å². The number of rotatable bonds is 8. The smallest absolute Gasteiger partial charge is 0.120 e. The zero-order valence-corrected chi connectivity index (χ0v) is 13.9. The Bertz CT molecular complexity index is 553. The van der Waals surface area contributed by atoms with Crippen molar-refractivity contribution in [3.05, 3.63) is 46.2 Å². The van der Waals surface area contributed by atoms with Gasteiger partial charge in [0.1, 0.15) is 5.75 Å². The zero-order chi connectivity index (χ0) is 15.1. The van der Waals surface area contributed by atoms with Crippen LogP contribution in [0.15, 0.2) is 36.4 Å². The van der Waals surface area contributed by atoms with Gasteiger partial charge in [-0.2, -0.15) is 0 Å². The van der Waals surface area contributed by atoms with Gasteiger partial charge in [0.15, 0.2) is 0 Å². The summed E-state index contributed by atoms with van der Waals surface area (Å²) >= 11 is 1.88. The number of anilines is 1. The maximum absolute atomic E-state index is 5.28. The molecule has 21 heavy (non-hydrogen) atoms. The number of methoxy groups -OCH3 is 1. The van der Waals surface area contributed by atoms with Gasteiger partial charge in [0, 0.05) is 35.1 Å². The van der Waals surface area contributed by atoms with E-state index in [0.717, 1.165) is 25.4 Å². The molecule has 0 aliphatic rings. The molecule has 3 nitrogen and oxygen atoms in total. The number of ether oxygens (including phenoxy) is 1. The van der Waals surface area contributed by atoms with E-state index in [4.69, 9.17) is 4.74 Å². The third-order valence-electron chi connectivity index (χ3n) is 3.33. The topological polar surface area (TPSA) is 24.5 Å². The number of nitrogens with one attached hydrogen (secondary N) is 1. The van der Waals surface area contributed by atoms with Crippen LogP contribution < -0.4 is 15.0 Å². The first-order valence-corrected chi connectivity index (χ1v) is 8.18. The third-order valence-corrected chi connectivity index (χ3v) is 4.40. The lowest BCUT2D eigenvalue weighted by molar-refractivity contribution is 0.415. The highest BCUT2D eigenvalue weighted by Gasteiger charge is 2.06. The number of benzene rings is 1. The molecule has 0 aliphatic heterocycles. The summed E-state index contributed by atoms with van der Waals surface area (Å²) in [4.78, 5) is 5.03. The minimum atomic E-state index is 0.898. The Hall–Kier alpha value is -1.52. The van der Waals surface area contributed by atoms with E-state index in [1.54, 1.807) is 7.11 Å². The first kappa shape index (κ1) is 15.9. The summed E-state index contributed by atoms with van der Waals surface area (Å²) in [6.45, 7) is 5.17. The van der Waals surface area contributed by atoms with E-state index in [1.807, 2.05) is 23.5 Å². The molecule has 0 spiro atoms. The molecular formula is C17H24N2OS. The van der Waals surface area contributed by atoms with Crippen LogP contribution in [0, 0.1) is 0 Å². The van der Waals surface area contributed by atoms with Crippen LogP contribution in [0.2, 0.25) is 0 Å². The van der Waals surface area contributed by atoms with Gasteiger partial charge in [-0.15, -0.1) is 11.3 Å².